The molecule has 2 rings (SSSR count). The summed E-state index contributed by atoms with van der Waals surface area (Å²) >= 11 is 0. The van der Waals surface area contributed by atoms with E-state index >= 15 is 0 Å². The molecule has 1 aromatic rings. The van der Waals surface area contributed by atoms with Crippen LogP contribution in [0.25, 0.3) is 0 Å². The highest BCUT2D eigenvalue weighted by atomic mass is 16.5. The van der Waals surface area contributed by atoms with Gasteiger partial charge in [0.05, 0.1) is 19.1 Å². The Hall–Kier alpha value is -2.08. The second-order valence-electron chi connectivity index (χ2n) is 5.49. The fourth-order valence-electron chi connectivity index (χ4n) is 2.46. The van der Waals surface area contributed by atoms with Gasteiger partial charge in [0.15, 0.2) is 6.61 Å². The van der Waals surface area contributed by atoms with E-state index in [4.69, 9.17) is 14.6 Å². The van der Waals surface area contributed by atoms with Crippen LogP contribution in [0.4, 0.5) is 0 Å². The number of carboxylic acid groups (broad SMARTS) is 1. The summed E-state index contributed by atoms with van der Waals surface area (Å²) in [4.78, 5) is 24.5. The predicted molar refractivity (Wildman–Crippen MR) is 80.0 cm³/mol. The Kier molecular flexibility index (Phi) is 5.38. The van der Waals surface area contributed by atoms with E-state index in [9.17, 15) is 9.59 Å². The summed E-state index contributed by atoms with van der Waals surface area (Å²) < 4.78 is 10.9. The van der Waals surface area contributed by atoms with Crippen molar-refractivity contribution >= 4 is 11.9 Å². The molecule has 6 nitrogen and oxygen atoms in total. The smallest absolute Gasteiger partial charge is 0.306 e. The highest BCUT2D eigenvalue weighted by Crippen LogP contribution is 2.19. The van der Waals surface area contributed by atoms with Gasteiger partial charge in [-0.1, -0.05) is 17.7 Å². The van der Waals surface area contributed by atoms with E-state index in [0.29, 0.717) is 25.4 Å². The zero-order valence-corrected chi connectivity index (χ0v) is 12.9. The van der Waals surface area contributed by atoms with Gasteiger partial charge in [-0.3, -0.25) is 9.59 Å². The van der Waals surface area contributed by atoms with Crippen LogP contribution in [0.1, 0.15) is 17.5 Å². The molecule has 1 aliphatic rings. The van der Waals surface area contributed by atoms with Crippen molar-refractivity contribution in [2.45, 2.75) is 26.4 Å². The Morgan fingerprint density at radius 2 is 2.18 bits per heavy atom. The first-order valence-electron chi connectivity index (χ1n) is 7.27. The molecule has 0 spiro atoms. The van der Waals surface area contributed by atoms with Crippen LogP contribution in [0, 0.1) is 13.8 Å². The summed E-state index contributed by atoms with van der Waals surface area (Å²) in [7, 11) is 0. The van der Waals surface area contributed by atoms with Crippen LogP contribution in [0.3, 0.4) is 0 Å². The first kappa shape index (κ1) is 16.3. The highest BCUT2D eigenvalue weighted by molar-refractivity contribution is 5.78. The molecule has 1 saturated heterocycles. The molecule has 0 aliphatic carbocycles. The van der Waals surface area contributed by atoms with Gasteiger partial charge in [-0.25, -0.2) is 0 Å². The second-order valence-corrected chi connectivity index (χ2v) is 5.49. The number of nitrogens with zero attached hydrogens (tertiary/aromatic N) is 1. The summed E-state index contributed by atoms with van der Waals surface area (Å²) in [5, 5.41) is 8.79. The number of ether oxygens (including phenoxy) is 2. The van der Waals surface area contributed by atoms with Crippen LogP contribution in [0.5, 0.6) is 5.75 Å². The summed E-state index contributed by atoms with van der Waals surface area (Å²) in [6.45, 7) is 4.99. The number of benzene rings is 1. The standard InChI is InChI=1S/C16H21NO5/c1-11-3-4-14(12(2)7-11)22-10-15(18)17-5-6-21-13(9-17)8-16(19)20/h3-4,7,13H,5-6,8-10H2,1-2H3,(H,19,20)/t13-/m1/s1. The lowest BCUT2D eigenvalue weighted by atomic mass is 10.1. The molecule has 120 valence electrons. The Balaban J connectivity index is 1.87. The molecule has 1 fully saturated rings. The van der Waals surface area contributed by atoms with E-state index in [0.717, 1.165) is 11.1 Å². The Morgan fingerprint density at radius 1 is 1.41 bits per heavy atom. The molecule has 1 amide bonds. The van der Waals surface area contributed by atoms with Crippen molar-refractivity contribution in [1.82, 2.24) is 4.90 Å². The van der Waals surface area contributed by atoms with E-state index in [1.54, 1.807) is 4.90 Å². The van der Waals surface area contributed by atoms with Crippen molar-refractivity contribution in [3.63, 3.8) is 0 Å². The number of amides is 1. The molecule has 1 aromatic carbocycles. The molecule has 1 heterocycles. The first-order valence-corrected chi connectivity index (χ1v) is 7.27. The average Bonchev–Trinajstić information content (AvgIpc) is 2.45. The number of carboxylic acids is 1. The molecule has 22 heavy (non-hydrogen) atoms. The zero-order chi connectivity index (χ0) is 16.1. The lowest BCUT2D eigenvalue weighted by Gasteiger charge is -2.32. The highest BCUT2D eigenvalue weighted by Gasteiger charge is 2.26. The predicted octanol–water partition coefficient (Wildman–Crippen LogP) is 1.38. The van der Waals surface area contributed by atoms with Crippen LogP contribution in [-0.2, 0) is 14.3 Å². The van der Waals surface area contributed by atoms with E-state index < -0.39 is 12.1 Å². The lowest BCUT2D eigenvalue weighted by Crippen LogP contribution is -2.47. The number of aliphatic carboxylic acids is 1. The molecule has 0 radical (unpaired) electrons. The van der Waals surface area contributed by atoms with Gasteiger partial charge in [0.1, 0.15) is 5.75 Å². The topological polar surface area (TPSA) is 76.1 Å². The fraction of sp³-hybridized carbons (Fsp3) is 0.500. The molecule has 0 bridgehead atoms. The Bertz CT molecular complexity index is 557. The third-order valence-corrected chi connectivity index (χ3v) is 3.58. The number of rotatable bonds is 5. The number of carbonyl (C=O) groups excluding carboxylic acids is 1. The molecule has 0 saturated carbocycles. The molecular weight excluding hydrogens is 286 g/mol. The zero-order valence-electron chi connectivity index (χ0n) is 12.9. The van der Waals surface area contributed by atoms with E-state index in [2.05, 4.69) is 0 Å². The number of carbonyl (C=O) groups is 2. The average molecular weight is 307 g/mol. The van der Waals surface area contributed by atoms with Gasteiger partial charge >= 0.3 is 5.97 Å². The quantitative estimate of drug-likeness (QED) is 0.889. The Labute approximate surface area is 129 Å². The minimum Gasteiger partial charge on any atom is -0.484 e. The molecule has 1 atom stereocenters. The summed E-state index contributed by atoms with van der Waals surface area (Å²) in [5.41, 5.74) is 2.12. The normalized spacial score (nSPS) is 18.1. The number of aryl methyl sites for hydroxylation is 2. The lowest BCUT2D eigenvalue weighted by molar-refractivity contribution is -0.148. The number of morpholine rings is 1. The van der Waals surface area contributed by atoms with Crippen molar-refractivity contribution in [2.75, 3.05) is 26.3 Å². The van der Waals surface area contributed by atoms with E-state index in [1.807, 2.05) is 32.0 Å². The van der Waals surface area contributed by atoms with Gasteiger partial charge in [-0.05, 0) is 25.5 Å². The first-order chi connectivity index (χ1) is 10.5. The van der Waals surface area contributed by atoms with E-state index in [-0.39, 0.29) is 18.9 Å². The van der Waals surface area contributed by atoms with Crippen LogP contribution < -0.4 is 4.74 Å². The van der Waals surface area contributed by atoms with Crippen molar-refractivity contribution in [3.05, 3.63) is 29.3 Å². The molecule has 0 unspecified atom stereocenters. The third kappa shape index (κ3) is 4.46. The minimum absolute atomic E-state index is 0.0519. The van der Waals surface area contributed by atoms with Crippen LogP contribution in [-0.4, -0.2) is 54.3 Å². The van der Waals surface area contributed by atoms with Crippen molar-refractivity contribution in [1.29, 1.82) is 0 Å². The molecular formula is C16H21NO5. The third-order valence-electron chi connectivity index (χ3n) is 3.58. The molecule has 1 N–H and O–H groups in total. The summed E-state index contributed by atoms with van der Waals surface area (Å²) in [6, 6.07) is 5.78. The van der Waals surface area contributed by atoms with Gasteiger partial charge in [0.25, 0.3) is 5.91 Å². The van der Waals surface area contributed by atoms with Gasteiger partial charge in [-0.15, -0.1) is 0 Å². The maximum Gasteiger partial charge on any atom is 0.306 e. The summed E-state index contributed by atoms with van der Waals surface area (Å²) in [5.74, 6) is -0.390. The van der Waals surface area contributed by atoms with Crippen LogP contribution >= 0.6 is 0 Å². The van der Waals surface area contributed by atoms with Crippen molar-refractivity contribution in [3.8, 4) is 5.75 Å². The van der Waals surface area contributed by atoms with Gasteiger partial charge in [-0.2, -0.15) is 0 Å². The number of hydrogen-bond donors (Lipinski definition) is 1. The van der Waals surface area contributed by atoms with Crippen molar-refractivity contribution < 1.29 is 24.2 Å². The van der Waals surface area contributed by atoms with Crippen LogP contribution in [0.2, 0.25) is 0 Å². The monoisotopic (exact) mass is 307 g/mol. The molecule has 0 aromatic heterocycles. The van der Waals surface area contributed by atoms with Gasteiger partial charge in [0, 0.05) is 13.1 Å². The SMILES string of the molecule is Cc1ccc(OCC(=O)N2CCO[C@H](CC(=O)O)C2)c(C)c1. The molecule has 1 aliphatic heterocycles. The Morgan fingerprint density at radius 3 is 2.86 bits per heavy atom. The maximum absolute atomic E-state index is 12.2. The maximum atomic E-state index is 12.2. The van der Waals surface area contributed by atoms with Gasteiger partial charge in [0.2, 0.25) is 0 Å². The van der Waals surface area contributed by atoms with E-state index in [1.165, 1.54) is 0 Å². The molecule has 6 heteroatoms. The minimum atomic E-state index is -0.925. The summed E-state index contributed by atoms with van der Waals surface area (Å²) in [6.07, 6.45) is -0.543. The largest absolute Gasteiger partial charge is 0.484 e. The van der Waals surface area contributed by atoms with Crippen molar-refractivity contribution in [2.24, 2.45) is 0 Å². The van der Waals surface area contributed by atoms with Gasteiger partial charge < -0.3 is 19.5 Å². The fourth-order valence-corrected chi connectivity index (χ4v) is 2.46. The number of hydrogen-bond acceptors (Lipinski definition) is 4. The van der Waals surface area contributed by atoms with Crippen LogP contribution in [0.15, 0.2) is 18.2 Å². The second kappa shape index (κ2) is 7.26.